The van der Waals surface area contributed by atoms with Gasteiger partial charge in [-0.1, -0.05) is 79.5 Å². The van der Waals surface area contributed by atoms with Crippen molar-refractivity contribution in [1.82, 2.24) is 0 Å². The van der Waals surface area contributed by atoms with Gasteiger partial charge in [0.25, 0.3) is 5.91 Å². The van der Waals surface area contributed by atoms with E-state index in [1.54, 1.807) is 0 Å². The van der Waals surface area contributed by atoms with Crippen molar-refractivity contribution in [3.8, 4) is 0 Å². The highest BCUT2D eigenvalue weighted by Gasteiger charge is 2.30. The van der Waals surface area contributed by atoms with Crippen LogP contribution in [0.5, 0.6) is 0 Å². The number of aryl methyl sites for hydroxylation is 2. The normalized spacial score (nSPS) is 14.8. The predicted molar refractivity (Wildman–Crippen MR) is 134 cm³/mol. The number of hydrogen-bond acceptors (Lipinski definition) is 2. The van der Waals surface area contributed by atoms with E-state index in [4.69, 9.17) is 16.7 Å². The fraction of sp³-hybridized carbons (Fsp3) is 0.214. The number of hydrazone groups is 1. The molecule has 0 saturated carbocycles. The molecule has 0 radical (unpaired) electrons. The minimum absolute atomic E-state index is 0.0858. The van der Waals surface area contributed by atoms with Gasteiger partial charge in [0.1, 0.15) is 0 Å². The number of para-hydroxylation sites is 1. The van der Waals surface area contributed by atoms with Crippen LogP contribution >= 0.6 is 11.6 Å². The molecule has 0 atom stereocenters. The molecule has 1 aliphatic rings. The summed E-state index contributed by atoms with van der Waals surface area (Å²) in [5.74, 6) is -0.0858. The monoisotopic (exact) mass is 442 g/mol. The Hall–Kier alpha value is -3.17. The SMILES string of the molecule is CCCCc1ccc(/C=C2/C(=O)N(c3ccccc3)N=C2CCc2ccc(Cl)cc2)cc1. The Kier molecular flexibility index (Phi) is 7.18. The van der Waals surface area contributed by atoms with E-state index in [0.29, 0.717) is 12.0 Å². The summed E-state index contributed by atoms with van der Waals surface area (Å²) in [5, 5.41) is 6.95. The molecule has 0 unspecified atom stereocenters. The van der Waals surface area contributed by atoms with Crippen molar-refractivity contribution < 1.29 is 4.79 Å². The Balaban J connectivity index is 1.60. The summed E-state index contributed by atoms with van der Waals surface area (Å²) in [7, 11) is 0. The largest absolute Gasteiger partial charge is 0.280 e. The molecule has 4 rings (SSSR count). The lowest BCUT2D eigenvalue weighted by Crippen LogP contribution is -2.21. The number of halogens is 1. The summed E-state index contributed by atoms with van der Waals surface area (Å²) in [6.07, 6.45) is 6.89. The van der Waals surface area contributed by atoms with Gasteiger partial charge in [-0.05, 0) is 72.7 Å². The molecule has 0 saturated heterocycles. The van der Waals surface area contributed by atoms with Gasteiger partial charge in [0.05, 0.1) is 17.0 Å². The van der Waals surface area contributed by atoms with Crippen LogP contribution in [-0.2, 0) is 17.6 Å². The second-order valence-corrected chi connectivity index (χ2v) is 8.47. The topological polar surface area (TPSA) is 32.7 Å². The van der Waals surface area contributed by atoms with Crippen LogP contribution in [0.2, 0.25) is 5.02 Å². The van der Waals surface area contributed by atoms with Gasteiger partial charge >= 0.3 is 0 Å². The van der Waals surface area contributed by atoms with Crippen LogP contribution in [0, 0.1) is 0 Å². The third kappa shape index (κ3) is 5.35. The molecule has 1 heterocycles. The molecule has 4 heteroatoms. The van der Waals surface area contributed by atoms with E-state index in [1.807, 2.05) is 60.7 Å². The quantitative estimate of drug-likeness (QED) is 0.342. The lowest BCUT2D eigenvalue weighted by atomic mass is 9.99. The highest BCUT2D eigenvalue weighted by atomic mass is 35.5. The maximum atomic E-state index is 13.3. The van der Waals surface area contributed by atoms with Crippen molar-refractivity contribution in [3.63, 3.8) is 0 Å². The molecule has 0 aromatic heterocycles. The molecule has 3 aromatic rings. The van der Waals surface area contributed by atoms with Crippen molar-refractivity contribution in [3.05, 3.63) is 106 Å². The molecule has 0 N–H and O–H groups in total. The van der Waals surface area contributed by atoms with Crippen LogP contribution in [0.4, 0.5) is 5.69 Å². The lowest BCUT2D eigenvalue weighted by molar-refractivity contribution is -0.114. The lowest BCUT2D eigenvalue weighted by Gasteiger charge is -2.11. The summed E-state index contributed by atoms with van der Waals surface area (Å²) >= 11 is 6.01. The number of anilines is 1. The molecule has 162 valence electrons. The zero-order valence-electron chi connectivity index (χ0n) is 18.3. The van der Waals surface area contributed by atoms with E-state index >= 15 is 0 Å². The highest BCUT2D eigenvalue weighted by Crippen LogP contribution is 2.27. The van der Waals surface area contributed by atoms with Crippen LogP contribution in [-0.4, -0.2) is 11.6 Å². The number of nitrogens with zero attached hydrogens (tertiary/aromatic N) is 2. The first-order valence-corrected chi connectivity index (χ1v) is 11.5. The Morgan fingerprint density at radius 3 is 2.19 bits per heavy atom. The summed E-state index contributed by atoms with van der Waals surface area (Å²) in [6, 6.07) is 25.9. The number of carbonyl (C=O) groups is 1. The minimum Gasteiger partial charge on any atom is -0.267 e. The van der Waals surface area contributed by atoms with Gasteiger partial charge in [-0.15, -0.1) is 0 Å². The molecule has 32 heavy (non-hydrogen) atoms. The van der Waals surface area contributed by atoms with E-state index in [9.17, 15) is 4.79 Å². The van der Waals surface area contributed by atoms with Gasteiger partial charge < -0.3 is 0 Å². The molecule has 1 amide bonds. The van der Waals surface area contributed by atoms with Gasteiger partial charge in [0.15, 0.2) is 0 Å². The smallest absolute Gasteiger partial charge is 0.267 e. The van der Waals surface area contributed by atoms with E-state index in [2.05, 4.69) is 31.2 Å². The summed E-state index contributed by atoms with van der Waals surface area (Å²) in [5.41, 5.74) is 5.76. The summed E-state index contributed by atoms with van der Waals surface area (Å²) < 4.78 is 0. The fourth-order valence-corrected chi connectivity index (χ4v) is 3.90. The van der Waals surface area contributed by atoms with E-state index in [1.165, 1.54) is 29.0 Å². The fourth-order valence-electron chi connectivity index (χ4n) is 3.77. The molecule has 0 bridgehead atoms. The third-order valence-corrected chi connectivity index (χ3v) is 5.88. The summed E-state index contributed by atoms with van der Waals surface area (Å²) in [6.45, 7) is 2.20. The Labute approximate surface area is 195 Å². The molecule has 0 fully saturated rings. The van der Waals surface area contributed by atoms with Crippen LogP contribution in [0.25, 0.3) is 6.08 Å². The van der Waals surface area contributed by atoms with Crippen molar-refractivity contribution in [2.24, 2.45) is 5.10 Å². The average molecular weight is 443 g/mol. The number of unbranched alkanes of at least 4 members (excludes halogenated alkanes) is 1. The second-order valence-electron chi connectivity index (χ2n) is 8.03. The number of amides is 1. The molecule has 0 aliphatic carbocycles. The zero-order valence-corrected chi connectivity index (χ0v) is 19.1. The van der Waals surface area contributed by atoms with Crippen LogP contribution in [0.15, 0.2) is 89.5 Å². The van der Waals surface area contributed by atoms with Crippen molar-refractivity contribution in [2.75, 3.05) is 5.01 Å². The highest BCUT2D eigenvalue weighted by molar-refractivity contribution is 6.32. The molecule has 3 nitrogen and oxygen atoms in total. The van der Waals surface area contributed by atoms with Crippen LogP contribution in [0.3, 0.4) is 0 Å². The Morgan fingerprint density at radius 2 is 1.50 bits per heavy atom. The third-order valence-electron chi connectivity index (χ3n) is 5.63. The first-order chi connectivity index (χ1) is 15.6. The Morgan fingerprint density at radius 1 is 0.844 bits per heavy atom. The van der Waals surface area contributed by atoms with Gasteiger partial charge in [-0.25, -0.2) is 0 Å². The first-order valence-electron chi connectivity index (χ1n) is 11.2. The van der Waals surface area contributed by atoms with Crippen molar-refractivity contribution in [2.45, 2.75) is 39.0 Å². The molecular weight excluding hydrogens is 416 g/mol. The molecule has 1 aliphatic heterocycles. The minimum atomic E-state index is -0.0858. The van der Waals surface area contributed by atoms with Gasteiger partial charge in [-0.3, -0.25) is 4.79 Å². The standard InChI is InChI=1S/C28H27ClN2O/c1-2-3-7-21-10-12-23(13-11-21)20-26-27(19-16-22-14-17-24(29)18-15-22)30-31(28(26)32)25-8-5-4-6-9-25/h4-6,8-15,17-18,20H,2-3,7,16,19H2,1H3/b26-20+. The maximum Gasteiger partial charge on any atom is 0.280 e. The van der Waals surface area contributed by atoms with Crippen LogP contribution < -0.4 is 5.01 Å². The molecule has 0 spiro atoms. The van der Waals surface area contributed by atoms with E-state index < -0.39 is 0 Å². The number of rotatable bonds is 8. The number of carbonyl (C=O) groups excluding carboxylic acids is 1. The average Bonchev–Trinajstić information content (AvgIpc) is 3.14. The van der Waals surface area contributed by atoms with Crippen molar-refractivity contribution >= 4 is 35.0 Å². The Bertz CT molecular complexity index is 1120. The predicted octanol–water partition coefficient (Wildman–Crippen LogP) is 7.10. The van der Waals surface area contributed by atoms with Crippen molar-refractivity contribution in [1.29, 1.82) is 0 Å². The molecule has 3 aromatic carbocycles. The van der Waals surface area contributed by atoms with E-state index in [-0.39, 0.29) is 5.91 Å². The van der Waals surface area contributed by atoms with Crippen LogP contribution in [0.1, 0.15) is 42.9 Å². The number of hydrogen-bond donors (Lipinski definition) is 0. The van der Waals surface area contributed by atoms with Gasteiger partial charge in [0, 0.05) is 5.02 Å². The summed E-state index contributed by atoms with van der Waals surface area (Å²) in [4.78, 5) is 13.3. The zero-order chi connectivity index (χ0) is 22.3. The van der Waals surface area contributed by atoms with Gasteiger partial charge in [-0.2, -0.15) is 10.1 Å². The first kappa shape index (κ1) is 22.0. The molecular formula is C28H27ClN2O. The van der Waals surface area contributed by atoms with E-state index in [0.717, 1.165) is 34.8 Å². The maximum absolute atomic E-state index is 13.3. The van der Waals surface area contributed by atoms with Gasteiger partial charge in [0.2, 0.25) is 0 Å². The number of benzene rings is 3. The second kappa shape index (κ2) is 10.4.